The number of rotatable bonds is 4. The largest absolute Gasteiger partial charge is 0.474 e. The minimum atomic E-state index is -3.53. The zero-order valence-corrected chi connectivity index (χ0v) is 13.9. The van der Waals surface area contributed by atoms with Crippen molar-refractivity contribution < 1.29 is 22.5 Å². The van der Waals surface area contributed by atoms with E-state index in [0.29, 0.717) is 19.6 Å². The Hall–Kier alpha value is -0.930. The molecule has 3 atom stereocenters. The summed E-state index contributed by atoms with van der Waals surface area (Å²) in [5.41, 5.74) is 4.83. The van der Waals surface area contributed by atoms with Gasteiger partial charge in [-0.15, -0.1) is 11.8 Å². The summed E-state index contributed by atoms with van der Waals surface area (Å²) in [6.45, 7) is 0.655. The minimum Gasteiger partial charge on any atom is -0.383 e. The Morgan fingerprint density at radius 1 is 1.52 bits per heavy atom. The number of thioether (sulfide) groups is 1. The molecule has 0 aromatic carbocycles. The van der Waals surface area contributed by atoms with Crippen molar-refractivity contribution in [3.8, 4) is 0 Å². The van der Waals surface area contributed by atoms with Gasteiger partial charge in [0.1, 0.15) is 17.4 Å². The standard InChI is InChI=1S/C12H17FN3O5PS/c13-9-6-8(7-21-22(18)19-4-1-5-20-22)23-11(9)16-3-2-10(14)15-12(16)17/h2-3,8-9,11H,1,4-7H2,(H2,14,15,17)/t8-,9-,11+/m0/s1. The van der Waals surface area contributed by atoms with Crippen molar-refractivity contribution in [2.45, 2.75) is 29.6 Å². The van der Waals surface area contributed by atoms with Crippen molar-refractivity contribution in [3.63, 3.8) is 0 Å². The van der Waals surface area contributed by atoms with Crippen LogP contribution in [0.1, 0.15) is 18.2 Å². The van der Waals surface area contributed by atoms with Gasteiger partial charge in [-0.3, -0.25) is 18.1 Å². The molecule has 2 aliphatic rings. The maximum Gasteiger partial charge on any atom is 0.474 e. The lowest BCUT2D eigenvalue weighted by Gasteiger charge is -2.23. The predicted octanol–water partition coefficient (Wildman–Crippen LogP) is 1.73. The maximum atomic E-state index is 14.2. The molecule has 128 valence electrons. The zero-order valence-electron chi connectivity index (χ0n) is 12.2. The van der Waals surface area contributed by atoms with E-state index in [2.05, 4.69) is 4.98 Å². The Morgan fingerprint density at radius 3 is 2.96 bits per heavy atom. The van der Waals surface area contributed by atoms with Crippen LogP contribution in [0.15, 0.2) is 17.1 Å². The van der Waals surface area contributed by atoms with Crippen molar-refractivity contribution in [3.05, 3.63) is 22.7 Å². The maximum absolute atomic E-state index is 14.2. The topological polar surface area (TPSA) is 106 Å². The minimum absolute atomic E-state index is 0.0238. The Kier molecular flexibility index (Phi) is 5.07. The third-order valence-corrected chi connectivity index (χ3v) is 6.44. The lowest BCUT2D eigenvalue weighted by molar-refractivity contribution is 0.0741. The van der Waals surface area contributed by atoms with Crippen molar-refractivity contribution in [2.75, 3.05) is 25.6 Å². The highest BCUT2D eigenvalue weighted by Gasteiger charge is 2.39. The van der Waals surface area contributed by atoms with Crippen LogP contribution in [0.2, 0.25) is 0 Å². The van der Waals surface area contributed by atoms with Crippen molar-refractivity contribution in [2.24, 2.45) is 0 Å². The van der Waals surface area contributed by atoms with E-state index in [4.69, 9.17) is 19.3 Å². The highest BCUT2D eigenvalue weighted by molar-refractivity contribution is 8.00. The smallest absolute Gasteiger partial charge is 0.383 e. The monoisotopic (exact) mass is 365 g/mol. The van der Waals surface area contributed by atoms with Gasteiger partial charge in [0.25, 0.3) is 0 Å². The molecule has 8 nitrogen and oxygen atoms in total. The number of nitrogen functional groups attached to an aromatic ring is 1. The van der Waals surface area contributed by atoms with Crippen LogP contribution in [0, 0.1) is 0 Å². The van der Waals surface area contributed by atoms with Gasteiger partial charge in [0.15, 0.2) is 0 Å². The van der Waals surface area contributed by atoms with Crippen LogP contribution in [-0.2, 0) is 18.1 Å². The Bertz CT molecular complexity index is 664. The number of phosphoric acid groups is 1. The lowest BCUT2D eigenvalue weighted by Crippen LogP contribution is -2.28. The second-order valence-electron chi connectivity index (χ2n) is 5.21. The molecule has 0 amide bonds. The molecule has 0 saturated carbocycles. The molecule has 23 heavy (non-hydrogen) atoms. The fraction of sp³-hybridized carbons (Fsp3) is 0.667. The Balaban J connectivity index is 1.62. The molecule has 3 rings (SSSR count). The molecule has 0 aliphatic carbocycles. The molecule has 11 heteroatoms. The first-order chi connectivity index (χ1) is 11.0. The average Bonchev–Trinajstić information content (AvgIpc) is 2.87. The summed E-state index contributed by atoms with van der Waals surface area (Å²) < 4.78 is 42.8. The number of aromatic nitrogens is 2. The van der Waals surface area contributed by atoms with E-state index in [0.717, 1.165) is 0 Å². The van der Waals surface area contributed by atoms with Crippen LogP contribution in [0.5, 0.6) is 0 Å². The average molecular weight is 365 g/mol. The summed E-state index contributed by atoms with van der Waals surface area (Å²) in [5.74, 6) is 0.0919. The number of hydrogen-bond donors (Lipinski definition) is 1. The van der Waals surface area contributed by atoms with E-state index in [1.165, 1.54) is 28.6 Å². The van der Waals surface area contributed by atoms with Crippen LogP contribution in [0.3, 0.4) is 0 Å². The van der Waals surface area contributed by atoms with Gasteiger partial charge >= 0.3 is 13.5 Å². The first kappa shape index (κ1) is 16.9. The molecule has 3 heterocycles. The van der Waals surface area contributed by atoms with Gasteiger partial charge in [0.2, 0.25) is 0 Å². The summed E-state index contributed by atoms with van der Waals surface area (Å²) in [6, 6.07) is 1.44. The first-order valence-electron chi connectivity index (χ1n) is 7.15. The molecule has 1 aromatic heterocycles. The van der Waals surface area contributed by atoms with E-state index < -0.39 is 25.1 Å². The van der Waals surface area contributed by atoms with Gasteiger partial charge < -0.3 is 5.73 Å². The van der Waals surface area contributed by atoms with Crippen LogP contribution in [0.25, 0.3) is 0 Å². The van der Waals surface area contributed by atoms with Gasteiger partial charge in [0, 0.05) is 11.4 Å². The third-order valence-electron chi connectivity index (χ3n) is 3.46. The van der Waals surface area contributed by atoms with E-state index >= 15 is 0 Å². The number of alkyl halides is 1. The fourth-order valence-corrected chi connectivity index (χ4v) is 5.17. The van der Waals surface area contributed by atoms with Gasteiger partial charge in [-0.05, 0) is 18.9 Å². The van der Waals surface area contributed by atoms with Crippen molar-refractivity contribution in [1.29, 1.82) is 0 Å². The molecule has 0 radical (unpaired) electrons. The predicted molar refractivity (Wildman–Crippen MR) is 82.9 cm³/mol. The van der Waals surface area contributed by atoms with E-state index in [-0.39, 0.29) is 24.1 Å². The molecule has 2 saturated heterocycles. The summed E-state index contributed by atoms with van der Waals surface area (Å²) in [7, 11) is -3.53. The van der Waals surface area contributed by atoms with Crippen molar-refractivity contribution in [1.82, 2.24) is 9.55 Å². The van der Waals surface area contributed by atoms with Gasteiger partial charge in [-0.25, -0.2) is 13.8 Å². The van der Waals surface area contributed by atoms with E-state index in [1.54, 1.807) is 0 Å². The first-order valence-corrected chi connectivity index (χ1v) is 9.55. The van der Waals surface area contributed by atoms with E-state index in [1.807, 2.05) is 0 Å². The second kappa shape index (κ2) is 6.90. The lowest BCUT2D eigenvalue weighted by atomic mass is 10.2. The summed E-state index contributed by atoms with van der Waals surface area (Å²) in [4.78, 5) is 15.4. The molecule has 0 bridgehead atoms. The van der Waals surface area contributed by atoms with Crippen LogP contribution in [-0.4, -0.2) is 40.8 Å². The molecule has 2 N–H and O–H groups in total. The SMILES string of the molecule is Nc1ccn([C@@H]2S[C@H](COP3(=O)OCCCO3)C[C@@H]2F)c(=O)n1. The summed E-state index contributed by atoms with van der Waals surface area (Å²) >= 11 is 1.23. The quantitative estimate of drug-likeness (QED) is 0.804. The number of hydrogen-bond acceptors (Lipinski definition) is 8. The molecule has 2 fully saturated rings. The van der Waals surface area contributed by atoms with Gasteiger partial charge in [-0.2, -0.15) is 4.98 Å². The Morgan fingerprint density at radius 2 is 2.26 bits per heavy atom. The van der Waals surface area contributed by atoms with Crippen molar-refractivity contribution >= 4 is 25.4 Å². The van der Waals surface area contributed by atoms with Crippen LogP contribution >= 0.6 is 19.6 Å². The number of anilines is 1. The normalized spacial score (nSPS) is 30.4. The summed E-state index contributed by atoms with van der Waals surface area (Å²) in [5, 5.41) is -0.974. The zero-order chi connectivity index (χ0) is 16.4. The van der Waals surface area contributed by atoms with Crippen LogP contribution in [0.4, 0.5) is 10.2 Å². The molecule has 0 unspecified atom stereocenters. The number of nitrogens with two attached hydrogens (primary N) is 1. The van der Waals surface area contributed by atoms with Crippen LogP contribution < -0.4 is 11.4 Å². The third kappa shape index (κ3) is 3.95. The number of phosphoric ester groups is 1. The second-order valence-corrected chi connectivity index (χ2v) is 8.30. The molecule has 2 aliphatic heterocycles. The van der Waals surface area contributed by atoms with Gasteiger partial charge in [-0.1, -0.05) is 0 Å². The highest BCUT2D eigenvalue weighted by atomic mass is 32.2. The molecule has 0 spiro atoms. The Labute approximate surface area is 136 Å². The summed E-state index contributed by atoms with van der Waals surface area (Å²) in [6.07, 6.45) is 1.01. The number of nitrogens with zero attached hydrogens (tertiary/aromatic N) is 2. The fourth-order valence-electron chi connectivity index (χ4n) is 2.37. The van der Waals surface area contributed by atoms with Gasteiger partial charge in [0.05, 0.1) is 19.8 Å². The van der Waals surface area contributed by atoms with E-state index in [9.17, 15) is 13.8 Å². The highest BCUT2D eigenvalue weighted by Crippen LogP contribution is 2.53. The molecular weight excluding hydrogens is 348 g/mol. The molecular formula is C12H17FN3O5PS. The number of halogens is 1. The molecule has 1 aromatic rings.